The van der Waals surface area contributed by atoms with Crippen LogP contribution in [-0.2, 0) is 14.3 Å². The van der Waals surface area contributed by atoms with E-state index in [0.717, 1.165) is 25.9 Å². The van der Waals surface area contributed by atoms with E-state index in [0.29, 0.717) is 25.6 Å². The number of halogens is 1. The number of nitrogens with one attached hydrogen (secondary N) is 1. The lowest BCUT2D eigenvalue weighted by atomic mass is 10.2. The number of hydrogen-bond donors (Lipinski definition) is 2. The molecule has 6 heteroatoms. The Morgan fingerprint density at radius 1 is 1.47 bits per heavy atom. The lowest BCUT2D eigenvalue weighted by molar-refractivity contribution is -0.131. The zero-order valence-corrected chi connectivity index (χ0v) is 12.7. The van der Waals surface area contributed by atoms with E-state index >= 15 is 0 Å². The zero-order valence-electron chi connectivity index (χ0n) is 11.9. The summed E-state index contributed by atoms with van der Waals surface area (Å²) >= 11 is 0. The summed E-state index contributed by atoms with van der Waals surface area (Å²) in [4.78, 5) is 11.7. The van der Waals surface area contributed by atoms with Crippen LogP contribution in [0.3, 0.4) is 0 Å². The molecule has 0 aromatic rings. The van der Waals surface area contributed by atoms with E-state index in [1.54, 1.807) is 0 Å². The van der Waals surface area contributed by atoms with Gasteiger partial charge in [0.05, 0.1) is 6.10 Å². The maximum absolute atomic E-state index is 11.7. The Kier molecular flexibility index (Phi) is 10.2. The van der Waals surface area contributed by atoms with Crippen molar-refractivity contribution < 1.29 is 14.3 Å². The van der Waals surface area contributed by atoms with E-state index in [9.17, 15) is 4.79 Å². The van der Waals surface area contributed by atoms with Gasteiger partial charge in [0, 0.05) is 26.3 Å². The molecule has 1 aliphatic rings. The minimum absolute atomic E-state index is 0. The minimum atomic E-state index is -0.310. The normalized spacial score (nSPS) is 22.3. The van der Waals surface area contributed by atoms with Gasteiger partial charge in [0.1, 0.15) is 6.10 Å². The molecule has 1 amide bonds. The van der Waals surface area contributed by atoms with Crippen molar-refractivity contribution in [1.29, 1.82) is 0 Å². The van der Waals surface area contributed by atoms with Gasteiger partial charge in [-0.05, 0) is 25.2 Å². The van der Waals surface area contributed by atoms with E-state index in [1.165, 1.54) is 0 Å². The van der Waals surface area contributed by atoms with Crippen LogP contribution in [0.25, 0.3) is 0 Å². The third kappa shape index (κ3) is 7.72. The molecule has 0 aromatic carbocycles. The Morgan fingerprint density at radius 2 is 2.21 bits per heavy atom. The first kappa shape index (κ1) is 18.6. The molecule has 3 N–H and O–H groups in total. The summed E-state index contributed by atoms with van der Waals surface area (Å²) in [5.74, 6) is 0.537. The lowest BCUT2D eigenvalue weighted by Crippen LogP contribution is -2.36. The molecule has 1 rings (SSSR count). The smallest absolute Gasteiger partial charge is 0.249 e. The minimum Gasteiger partial charge on any atom is -0.381 e. The number of carbonyl (C=O) groups is 1. The fourth-order valence-corrected chi connectivity index (χ4v) is 1.89. The van der Waals surface area contributed by atoms with E-state index in [4.69, 9.17) is 15.2 Å². The third-order valence-corrected chi connectivity index (χ3v) is 2.88. The highest BCUT2D eigenvalue weighted by Gasteiger charge is 2.29. The number of nitrogens with two attached hydrogens (primary N) is 1. The Morgan fingerprint density at radius 3 is 2.79 bits per heavy atom. The van der Waals surface area contributed by atoms with Crippen LogP contribution in [0.2, 0.25) is 0 Å². The largest absolute Gasteiger partial charge is 0.381 e. The molecule has 0 saturated carbocycles. The summed E-state index contributed by atoms with van der Waals surface area (Å²) in [6, 6.07) is 0. The summed E-state index contributed by atoms with van der Waals surface area (Å²) < 4.78 is 11.0. The number of amides is 1. The van der Waals surface area contributed by atoms with Crippen molar-refractivity contribution in [3.8, 4) is 0 Å². The zero-order chi connectivity index (χ0) is 13.4. The highest BCUT2D eigenvalue weighted by Crippen LogP contribution is 2.18. The Balaban J connectivity index is 0.00000324. The van der Waals surface area contributed by atoms with Crippen LogP contribution >= 0.6 is 12.4 Å². The predicted molar refractivity (Wildman–Crippen MR) is 77.5 cm³/mol. The molecule has 2 atom stereocenters. The molecule has 19 heavy (non-hydrogen) atoms. The Labute approximate surface area is 122 Å². The Bertz CT molecular complexity index is 252. The maximum atomic E-state index is 11.7. The summed E-state index contributed by atoms with van der Waals surface area (Å²) in [5.41, 5.74) is 5.50. The van der Waals surface area contributed by atoms with Crippen molar-refractivity contribution in [3.63, 3.8) is 0 Å². The summed E-state index contributed by atoms with van der Waals surface area (Å²) in [5, 5.41) is 2.87. The van der Waals surface area contributed by atoms with Crippen LogP contribution in [0.15, 0.2) is 0 Å². The molecule has 1 aliphatic heterocycles. The quantitative estimate of drug-likeness (QED) is 0.657. The molecule has 0 unspecified atom stereocenters. The van der Waals surface area contributed by atoms with Crippen molar-refractivity contribution in [2.75, 3.05) is 26.3 Å². The van der Waals surface area contributed by atoms with Crippen molar-refractivity contribution in [2.45, 2.75) is 45.3 Å². The predicted octanol–water partition coefficient (Wildman–Crippen LogP) is 1.09. The van der Waals surface area contributed by atoms with Gasteiger partial charge in [-0.1, -0.05) is 13.8 Å². The van der Waals surface area contributed by atoms with E-state index in [1.807, 2.05) is 0 Å². The van der Waals surface area contributed by atoms with Gasteiger partial charge in [0.2, 0.25) is 5.91 Å². The van der Waals surface area contributed by atoms with Crippen LogP contribution < -0.4 is 11.1 Å². The van der Waals surface area contributed by atoms with Crippen molar-refractivity contribution in [1.82, 2.24) is 5.32 Å². The number of hydrogen-bond acceptors (Lipinski definition) is 4. The van der Waals surface area contributed by atoms with Gasteiger partial charge in [-0.15, -0.1) is 12.4 Å². The van der Waals surface area contributed by atoms with Gasteiger partial charge in [0.15, 0.2) is 0 Å². The first-order valence-corrected chi connectivity index (χ1v) is 6.84. The molecule has 1 fully saturated rings. The highest BCUT2D eigenvalue weighted by molar-refractivity contribution is 5.85. The third-order valence-electron chi connectivity index (χ3n) is 2.88. The molecule has 0 bridgehead atoms. The van der Waals surface area contributed by atoms with Crippen LogP contribution in [0, 0.1) is 5.92 Å². The second-order valence-corrected chi connectivity index (χ2v) is 5.17. The second kappa shape index (κ2) is 10.4. The average Bonchev–Trinajstić information content (AvgIpc) is 2.81. The van der Waals surface area contributed by atoms with Crippen LogP contribution in [0.5, 0.6) is 0 Å². The van der Waals surface area contributed by atoms with Crippen molar-refractivity contribution in [2.24, 2.45) is 11.7 Å². The summed E-state index contributed by atoms with van der Waals surface area (Å²) in [6.07, 6.45) is 2.24. The molecule has 5 nitrogen and oxygen atoms in total. The van der Waals surface area contributed by atoms with Gasteiger partial charge in [-0.25, -0.2) is 0 Å². The van der Waals surface area contributed by atoms with Crippen LogP contribution in [0.1, 0.15) is 33.1 Å². The van der Waals surface area contributed by atoms with Crippen molar-refractivity contribution >= 4 is 18.3 Å². The topological polar surface area (TPSA) is 73.6 Å². The van der Waals surface area contributed by atoms with Gasteiger partial charge < -0.3 is 20.5 Å². The van der Waals surface area contributed by atoms with Gasteiger partial charge in [0.25, 0.3) is 0 Å². The number of carbonyl (C=O) groups excluding carboxylic acids is 1. The standard InChI is InChI=1S/C13H26N2O3.ClH/c1-10(2)9-17-7-3-6-15-13(16)12-5-4-11(8-14)18-12;/h10-12H,3-9,14H2,1-2H3,(H,15,16);1H/t11-,12+;/m1./s1. The lowest BCUT2D eigenvalue weighted by Gasteiger charge is -2.12. The van der Waals surface area contributed by atoms with Crippen LogP contribution in [0.4, 0.5) is 0 Å². The number of rotatable bonds is 8. The Hall–Kier alpha value is -0.360. The molecule has 0 aromatic heterocycles. The van der Waals surface area contributed by atoms with E-state index in [2.05, 4.69) is 19.2 Å². The molecule has 1 heterocycles. The van der Waals surface area contributed by atoms with Crippen molar-refractivity contribution in [3.05, 3.63) is 0 Å². The fourth-order valence-electron chi connectivity index (χ4n) is 1.89. The van der Waals surface area contributed by atoms with Gasteiger partial charge in [-0.3, -0.25) is 4.79 Å². The molecule has 0 radical (unpaired) electrons. The number of ether oxygens (including phenoxy) is 2. The SMILES string of the molecule is CC(C)COCCCNC(=O)[C@@H]1CC[C@H](CN)O1.Cl. The molecular weight excluding hydrogens is 268 g/mol. The average molecular weight is 295 g/mol. The monoisotopic (exact) mass is 294 g/mol. The molecule has 0 spiro atoms. The summed E-state index contributed by atoms with van der Waals surface area (Å²) in [7, 11) is 0. The molecule has 0 aliphatic carbocycles. The maximum Gasteiger partial charge on any atom is 0.249 e. The van der Waals surface area contributed by atoms with Gasteiger partial charge >= 0.3 is 0 Å². The van der Waals surface area contributed by atoms with E-state index in [-0.39, 0.29) is 30.5 Å². The van der Waals surface area contributed by atoms with E-state index < -0.39 is 0 Å². The first-order valence-electron chi connectivity index (χ1n) is 6.84. The molecule has 114 valence electrons. The first-order chi connectivity index (χ1) is 8.63. The molecule has 1 saturated heterocycles. The molecular formula is C13H27ClN2O3. The highest BCUT2D eigenvalue weighted by atomic mass is 35.5. The fraction of sp³-hybridized carbons (Fsp3) is 0.923. The summed E-state index contributed by atoms with van der Waals surface area (Å²) in [6.45, 7) is 6.84. The van der Waals surface area contributed by atoms with Crippen LogP contribution in [-0.4, -0.2) is 44.4 Å². The second-order valence-electron chi connectivity index (χ2n) is 5.17. The van der Waals surface area contributed by atoms with Gasteiger partial charge in [-0.2, -0.15) is 0 Å².